The number of nitrogens with zero attached hydrogens (tertiary/aromatic N) is 3. The van der Waals surface area contributed by atoms with E-state index in [1.807, 2.05) is 35.2 Å². The summed E-state index contributed by atoms with van der Waals surface area (Å²) in [5.74, 6) is 0.482. The molecule has 0 saturated carbocycles. The molecule has 1 saturated heterocycles. The highest BCUT2D eigenvalue weighted by atomic mass is 32.2. The van der Waals surface area contributed by atoms with Gasteiger partial charge in [-0.05, 0) is 38.2 Å². The van der Waals surface area contributed by atoms with E-state index < -0.39 is 10.0 Å². The van der Waals surface area contributed by atoms with E-state index >= 15 is 0 Å². The summed E-state index contributed by atoms with van der Waals surface area (Å²) in [4.78, 5) is 35.2. The van der Waals surface area contributed by atoms with Crippen LogP contribution in [0.3, 0.4) is 0 Å². The third-order valence-corrected chi connectivity index (χ3v) is 7.98. The van der Waals surface area contributed by atoms with Gasteiger partial charge in [-0.1, -0.05) is 30.3 Å². The number of aromatic nitrogens is 2. The smallest absolute Gasteiger partial charge is 0.254 e. The van der Waals surface area contributed by atoms with Crippen LogP contribution >= 0.6 is 0 Å². The number of nitrogens with one attached hydrogen (secondary N) is 1. The van der Waals surface area contributed by atoms with E-state index in [1.165, 1.54) is 4.31 Å². The molecule has 0 bridgehead atoms. The number of piperidine rings is 1. The third kappa shape index (κ3) is 4.57. The first-order chi connectivity index (χ1) is 14.9. The Morgan fingerprint density at radius 2 is 1.97 bits per heavy atom. The molecule has 8 nitrogen and oxygen atoms in total. The minimum Gasteiger partial charge on any atom is -0.332 e. The van der Waals surface area contributed by atoms with E-state index in [1.54, 1.807) is 6.92 Å². The summed E-state index contributed by atoms with van der Waals surface area (Å²) >= 11 is 0. The first-order valence-corrected chi connectivity index (χ1v) is 12.4. The molecule has 1 aromatic carbocycles. The minimum atomic E-state index is -3.36. The van der Waals surface area contributed by atoms with Crippen LogP contribution < -0.4 is 5.56 Å². The van der Waals surface area contributed by atoms with Crippen molar-refractivity contribution in [2.75, 3.05) is 18.8 Å². The number of likely N-dealkylation sites (tertiary alicyclic amines) is 1. The van der Waals surface area contributed by atoms with E-state index in [0.717, 1.165) is 24.8 Å². The Labute approximate surface area is 182 Å². The second-order valence-electron chi connectivity index (χ2n) is 8.12. The first kappa shape index (κ1) is 21.7. The molecule has 1 N–H and O–H groups in total. The van der Waals surface area contributed by atoms with Gasteiger partial charge in [0.2, 0.25) is 15.9 Å². The number of rotatable bonds is 5. The predicted molar refractivity (Wildman–Crippen MR) is 117 cm³/mol. The highest BCUT2D eigenvalue weighted by molar-refractivity contribution is 7.89. The van der Waals surface area contributed by atoms with Gasteiger partial charge in [0.25, 0.3) is 5.56 Å². The number of aromatic amines is 1. The summed E-state index contributed by atoms with van der Waals surface area (Å²) < 4.78 is 26.0. The van der Waals surface area contributed by atoms with E-state index in [4.69, 9.17) is 0 Å². The van der Waals surface area contributed by atoms with E-state index in [-0.39, 0.29) is 29.8 Å². The van der Waals surface area contributed by atoms with Gasteiger partial charge in [0.1, 0.15) is 5.82 Å². The van der Waals surface area contributed by atoms with Crippen molar-refractivity contribution in [3.8, 4) is 0 Å². The second-order valence-corrected chi connectivity index (χ2v) is 10.4. The molecule has 2 aromatic rings. The van der Waals surface area contributed by atoms with Crippen molar-refractivity contribution in [1.82, 2.24) is 19.2 Å². The van der Waals surface area contributed by atoms with Gasteiger partial charge in [-0.2, -0.15) is 4.31 Å². The SMILES string of the molecule is CCS(=O)(=O)N1CCc2c(nc([C@@H]3CCCCN3C(=O)Cc3ccccc3)[nH]c2=O)C1. The van der Waals surface area contributed by atoms with Crippen LogP contribution in [0.4, 0.5) is 0 Å². The molecule has 0 unspecified atom stereocenters. The molecule has 4 rings (SSSR count). The van der Waals surface area contributed by atoms with Crippen molar-refractivity contribution in [2.45, 2.75) is 51.6 Å². The van der Waals surface area contributed by atoms with Crippen molar-refractivity contribution in [3.05, 3.63) is 63.3 Å². The molecule has 0 spiro atoms. The number of benzene rings is 1. The number of sulfonamides is 1. The molecule has 3 heterocycles. The minimum absolute atomic E-state index is 0.00598. The molecular formula is C22H28N4O4S. The highest BCUT2D eigenvalue weighted by Gasteiger charge is 2.33. The average Bonchev–Trinajstić information content (AvgIpc) is 2.79. The van der Waals surface area contributed by atoms with Gasteiger partial charge in [0, 0.05) is 18.7 Å². The number of fused-ring (bicyclic) bond motifs is 1. The number of hydrogen-bond donors (Lipinski definition) is 1. The number of carbonyl (C=O) groups excluding carboxylic acids is 1. The van der Waals surface area contributed by atoms with E-state index in [9.17, 15) is 18.0 Å². The fourth-order valence-corrected chi connectivity index (χ4v) is 5.45. The van der Waals surface area contributed by atoms with Crippen molar-refractivity contribution < 1.29 is 13.2 Å². The summed E-state index contributed by atoms with van der Waals surface area (Å²) in [5, 5.41) is 0. The fraction of sp³-hybridized carbons (Fsp3) is 0.500. The molecule has 0 aliphatic carbocycles. The standard InChI is InChI=1S/C22H28N4O4S/c1-2-31(29,30)25-13-11-17-18(15-25)23-21(24-22(17)28)19-10-6-7-12-26(19)20(27)14-16-8-4-3-5-9-16/h3-5,8-9,19H,2,6-7,10-15H2,1H3,(H,23,24,28)/t19-/m0/s1. The molecule has 1 aromatic heterocycles. The Morgan fingerprint density at radius 3 is 2.71 bits per heavy atom. The number of hydrogen-bond acceptors (Lipinski definition) is 5. The van der Waals surface area contributed by atoms with Crippen LogP contribution in [0.1, 0.15) is 54.9 Å². The Morgan fingerprint density at radius 1 is 1.19 bits per heavy atom. The molecular weight excluding hydrogens is 416 g/mol. The lowest BCUT2D eigenvalue weighted by Gasteiger charge is -2.36. The molecule has 2 aliphatic rings. The van der Waals surface area contributed by atoms with Crippen LogP contribution in [0, 0.1) is 0 Å². The second kappa shape index (κ2) is 8.92. The lowest BCUT2D eigenvalue weighted by Crippen LogP contribution is -2.43. The lowest BCUT2D eigenvalue weighted by atomic mass is 9.99. The number of amides is 1. The Kier molecular flexibility index (Phi) is 6.24. The zero-order chi connectivity index (χ0) is 22.0. The molecule has 1 amide bonds. The van der Waals surface area contributed by atoms with Crippen LogP contribution in [0.5, 0.6) is 0 Å². The Balaban J connectivity index is 1.62. The summed E-state index contributed by atoms with van der Waals surface area (Å²) in [7, 11) is -3.36. The van der Waals surface area contributed by atoms with Gasteiger partial charge in [0.05, 0.1) is 30.5 Å². The van der Waals surface area contributed by atoms with E-state index in [0.29, 0.717) is 43.0 Å². The van der Waals surface area contributed by atoms with Gasteiger partial charge in [-0.25, -0.2) is 13.4 Å². The van der Waals surface area contributed by atoms with Crippen LogP contribution in [0.2, 0.25) is 0 Å². The van der Waals surface area contributed by atoms with Gasteiger partial charge in [0.15, 0.2) is 0 Å². The molecule has 166 valence electrons. The maximum atomic E-state index is 13.1. The number of H-pyrrole nitrogens is 1. The van der Waals surface area contributed by atoms with Gasteiger partial charge < -0.3 is 9.88 Å². The van der Waals surface area contributed by atoms with Crippen molar-refractivity contribution in [3.63, 3.8) is 0 Å². The summed E-state index contributed by atoms with van der Waals surface area (Å²) in [5.41, 5.74) is 1.77. The average molecular weight is 445 g/mol. The molecule has 31 heavy (non-hydrogen) atoms. The van der Waals surface area contributed by atoms with Crippen LogP contribution in [0.15, 0.2) is 35.1 Å². The molecule has 2 aliphatic heterocycles. The normalized spacial score (nSPS) is 19.8. The molecule has 9 heteroatoms. The summed E-state index contributed by atoms with van der Waals surface area (Å²) in [6.07, 6.45) is 3.22. The fourth-order valence-electron chi connectivity index (χ4n) is 4.40. The lowest BCUT2D eigenvalue weighted by molar-refractivity contribution is -0.134. The summed E-state index contributed by atoms with van der Waals surface area (Å²) in [6.45, 7) is 2.62. The van der Waals surface area contributed by atoms with Crippen molar-refractivity contribution in [1.29, 1.82) is 0 Å². The monoisotopic (exact) mass is 444 g/mol. The van der Waals surface area contributed by atoms with E-state index in [2.05, 4.69) is 9.97 Å². The van der Waals surface area contributed by atoms with Gasteiger partial charge in [-0.3, -0.25) is 9.59 Å². The zero-order valence-corrected chi connectivity index (χ0v) is 18.5. The molecule has 1 atom stereocenters. The van der Waals surface area contributed by atoms with Crippen LogP contribution in [0.25, 0.3) is 0 Å². The largest absolute Gasteiger partial charge is 0.332 e. The Hall–Kier alpha value is -2.52. The Bertz CT molecular complexity index is 1110. The van der Waals surface area contributed by atoms with Crippen LogP contribution in [-0.4, -0.2) is 52.3 Å². The molecule has 0 radical (unpaired) electrons. The highest BCUT2D eigenvalue weighted by Crippen LogP contribution is 2.30. The third-order valence-electron chi connectivity index (χ3n) is 6.15. The maximum Gasteiger partial charge on any atom is 0.254 e. The summed E-state index contributed by atoms with van der Waals surface area (Å²) in [6, 6.07) is 9.30. The topological polar surface area (TPSA) is 103 Å². The van der Waals surface area contributed by atoms with Crippen molar-refractivity contribution >= 4 is 15.9 Å². The van der Waals surface area contributed by atoms with Gasteiger partial charge >= 0.3 is 0 Å². The quantitative estimate of drug-likeness (QED) is 0.757. The molecule has 1 fully saturated rings. The van der Waals surface area contributed by atoms with Crippen molar-refractivity contribution in [2.24, 2.45) is 0 Å². The predicted octanol–water partition coefficient (Wildman–Crippen LogP) is 1.77. The zero-order valence-electron chi connectivity index (χ0n) is 17.7. The van der Waals surface area contributed by atoms with Gasteiger partial charge in [-0.15, -0.1) is 0 Å². The first-order valence-electron chi connectivity index (χ1n) is 10.8. The maximum absolute atomic E-state index is 13.1. The number of carbonyl (C=O) groups is 1. The van der Waals surface area contributed by atoms with Crippen LogP contribution in [-0.2, 0) is 34.2 Å².